The highest BCUT2D eigenvalue weighted by Gasteiger charge is 2.39. The molecular formula is C32H33F5N2O2. The molecule has 1 aliphatic heterocycles. The van der Waals surface area contributed by atoms with Crippen LogP contribution in [0.4, 0.5) is 22.0 Å². The fraction of sp³-hybridized carbons (Fsp3) is 0.375. The van der Waals surface area contributed by atoms with Crippen molar-refractivity contribution in [2.75, 3.05) is 13.1 Å². The van der Waals surface area contributed by atoms with Gasteiger partial charge >= 0.3 is 6.36 Å². The fourth-order valence-electron chi connectivity index (χ4n) is 5.09. The van der Waals surface area contributed by atoms with Crippen molar-refractivity contribution in [1.82, 2.24) is 4.90 Å². The van der Waals surface area contributed by atoms with Gasteiger partial charge in [-0.2, -0.15) is 0 Å². The van der Waals surface area contributed by atoms with Crippen molar-refractivity contribution >= 4 is 11.6 Å². The van der Waals surface area contributed by atoms with Gasteiger partial charge in [0, 0.05) is 25.2 Å². The van der Waals surface area contributed by atoms with Gasteiger partial charge in [-0.25, -0.2) is 8.78 Å². The standard InChI is InChI=1S/C32H33F5N2O2/c1-3-5-18-39(19-6-4-2)31(40)25-20-28(29-26(33)8-7-9-27(29)34)38-30(25)23-12-10-21(11-13-23)22-14-16-24(17-15-22)41-32(35,36)37/h7-17,25,30H,3-6,18-20H2,1-2H3/t25-,30?/m0/s1. The summed E-state index contributed by atoms with van der Waals surface area (Å²) in [5.74, 6) is -2.47. The SMILES string of the molecule is CCCCN(CCCC)C(=O)[C@H]1CC(c2c(F)cccc2F)=NC1c1ccc(-c2ccc(OC(F)(F)F)cc2)cc1. The molecule has 0 aromatic heterocycles. The minimum Gasteiger partial charge on any atom is -0.406 e. The molecule has 41 heavy (non-hydrogen) atoms. The van der Waals surface area contributed by atoms with E-state index in [9.17, 15) is 26.7 Å². The molecule has 0 bridgehead atoms. The molecule has 0 spiro atoms. The normalized spacial score (nSPS) is 16.9. The van der Waals surface area contributed by atoms with Gasteiger partial charge in [-0.3, -0.25) is 9.79 Å². The average molecular weight is 573 g/mol. The van der Waals surface area contributed by atoms with Crippen molar-refractivity contribution in [3.8, 4) is 16.9 Å². The van der Waals surface area contributed by atoms with Gasteiger partial charge < -0.3 is 9.64 Å². The highest BCUT2D eigenvalue weighted by atomic mass is 19.4. The predicted molar refractivity (Wildman–Crippen MR) is 149 cm³/mol. The van der Waals surface area contributed by atoms with Gasteiger partial charge in [-0.15, -0.1) is 13.2 Å². The first-order valence-electron chi connectivity index (χ1n) is 13.9. The largest absolute Gasteiger partial charge is 0.573 e. The number of hydrogen-bond acceptors (Lipinski definition) is 3. The Bertz CT molecular complexity index is 1330. The Balaban J connectivity index is 1.65. The quantitative estimate of drug-likeness (QED) is 0.216. The van der Waals surface area contributed by atoms with Crippen LogP contribution >= 0.6 is 0 Å². The van der Waals surface area contributed by atoms with Gasteiger partial charge in [0.15, 0.2) is 0 Å². The van der Waals surface area contributed by atoms with Crippen molar-refractivity contribution in [3.63, 3.8) is 0 Å². The van der Waals surface area contributed by atoms with E-state index in [1.54, 1.807) is 24.3 Å². The van der Waals surface area contributed by atoms with E-state index >= 15 is 0 Å². The zero-order valence-electron chi connectivity index (χ0n) is 23.1. The molecule has 4 nitrogen and oxygen atoms in total. The summed E-state index contributed by atoms with van der Waals surface area (Å²) in [7, 11) is 0. The zero-order valence-corrected chi connectivity index (χ0v) is 23.1. The topological polar surface area (TPSA) is 41.9 Å². The van der Waals surface area contributed by atoms with E-state index in [1.807, 2.05) is 4.90 Å². The first-order chi connectivity index (χ1) is 19.6. The number of halogens is 5. The minimum atomic E-state index is -4.77. The number of hydrogen-bond donors (Lipinski definition) is 0. The molecule has 218 valence electrons. The smallest absolute Gasteiger partial charge is 0.406 e. The first kappa shape index (κ1) is 30.2. The summed E-state index contributed by atoms with van der Waals surface area (Å²) in [6.45, 7) is 5.33. The van der Waals surface area contributed by atoms with Crippen LogP contribution in [0.3, 0.4) is 0 Å². The van der Waals surface area contributed by atoms with E-state index in [0.29, 0.717) is 24.2 Å². The van der Waals surface area contributed by atoms with Crippen molar-refractivity contribution in [1.29, 1.82) is 0 Å². The third-order valence-corrected chi connectivity index (χ3v) is 7.21. The molecular weight excluding hydrogens is 539 g/mol. The van der Waals surface area contributed by atoms with Crippen molar-refractivity contribution < 1.29 is 31.5 Å². The van der Waals surface area contributed by atoms with Crippen LogP contribution in [0.1, 0.15) is 63.1 Å². The molecule has 0 fully saturated rings. The summed E-state index contributed by atoms with van der Waals surface area (Å²) in [5, 5.41) is 0. The Labute approximate surface area is 236 Å². The lowest BCUT2D eigenvalue weighted by atomic mass is 9.89. The number of nitrogens with zero attached hydrogens (tertiary/aromatic N) is 2. The number of alkyl halides is 3. The number of carbonyl (C=O) groups is 1. The Hall–Kier alpha value is -3.75. The second kappa shape index (κ2) is 13.3. The Kier molecular flexibility index (Phi) is 9.78. The molecule has 3 aromatic rings. The lowest BCUT2D eigenvalue weighted by Crippen LogP contribution is -2.39. The maximum atomic E-state index is 14.7. The van der Waals surface area contributed by atoms with Crippen LogP contribution in [0, 0.1) is 17.6 Å². The van der Waals surface area contributed by atoms with Gasteiger partial charge in [-0.05, 0) is 53.8 Å². The molecule has 0 N–H and O–H groups in total. The fourth-order valence-corrected chi connectivity index (χ4v) is 5.09. The van der Waals surface area contributed by atoms with Crippen molar-refractivity contribution in [3.05, 3.63) is 89.5 Å². The predicted octanol–water partition coefficient (Wildman–Crippen LogP) is 8.51. The van der Waals surface area contributed by atoms with E-state index in [0.717, 1.165) is 31.2 Å². The highest BCUT2D eigenvalue weighted by molar-refractivity contribution is 6.05. The average Bonchev–Trinajstić information content (AvgIpc) is 3.37. The number of benzene rings is 3. The van der Waals surface area contributed by atoms with E-state index in [2.05, 4.69) is 18.6 Å². The molecule has 0 saturated heterocycles. The summed E-state index contributed by atoms with van der Waals surface area (Å²) in [5.41, 5.74) is 2.14. The number of aliphatic imine (C=N–C) groups is 1. The summed E-state index contributed by atoms with van der Waals surface area (Å²) >= 11 is 0. The second-order valence-electron chi connectivity index (χ2n) is 10.2. The molecule has 0 radical (unpaired) electrons. The van der Waals surface area contributed by atoms with Crippen LogP contribution in [0.15, 0.2) is 71.7 Å². The minimum absolute atomic E-state index is 0.0864. The van der Waals surface area contributed by atoms with Crippen LogP contribution in [-0.4, -0.2) is 36.0 Å². The molecule has 9 heteroatoms. The molecule has 1 amide bonds. The lowest BCUT2D eigenvalue weighted by Gasteiger charge is -2.28. The van der Waals surface area contributed by atoms with Crippen molar-refractivity contribution in [2.24, 2.45) is 10.9 Å². The van der Waals surface area contributed by atoms with Crippen LogP contribution in [0.25, 0.3) is 11.1 Å². The molecule has 1 aliphatic rings. The van der Waals surface area contributed by atoms with Crippen LogP contribution < -0.4 is 4.74 Å². The zero-order chi connectivity index (χ0) is 29.6. The Morgan fingerprint density at radius 1 is 0.878 bits per heavy atom. The van der Waals surface area contributed by atoms with E-state index in [4.69, 9.17) is 4.99 Å². The van der Waals surface area contributed by atoms with Gasteiger partial charge in [0.05, 0.1) is 17.5 Å². The molecule has 1 unspecified atom stereocenters. The maximum Gasteiger partial charge on any atom is 0.573 e. The third-order valence-electron chi connectivity index (χ3n) is 7.21. The number of carbonyl (C=O) groups excluding carboxylic acids is 1. The monoisotopic (exact) mass is 572 g/mol. The molecule has 3 aromatic carbocycles. The highest BCUT2D eigenvalue weighted by Crippen LogP contribution is 2.39. The molecule has 2 atom stereocenters. The van der Waals surface area contributed by atoms with Gasteiger partial charge in [0.2, 0.25) is 5.91 Å². The molecule has 4 rings (SSSR count). The van der Waals surface area contributed by atoms with E-state index in [-0.39, 0.29) is 29.4 Å². The van der Waals surface area contributed by atoms with Crippen LogP contribution in [-0.2, 0) is 4.79 Å². The number of rotatable bonds is 11. The molecule has 0 aliphatic carbocycles. The summed E-state index contributed by atoms with van der Waals surface area (Å²) in [4.78, 5) is 20.4. The lowest BCUT2D eigenvalue weighted by molar-refractivity contribution is -0.274. The summed E-state index contributed by atoms with van der Waals surface area (Å²) in [6.07, 6.45) is -1.10. The van der Waals surface area contributed by atoms with Gasteiger partial charge in [0.25, 0.3) is 0 Å². The number of amides is 1. The Morgan fingerprint density at radius 3 is 1.93 bits per heavy atom. The molecule has 0 saturated carbocycles. The summed E-state index contributed by atoms with van der Waals surface area (Å²) < 4.78 is 70.9. The van der Waals surface area contributed by atoms with Gasteiger partial charge in [0.1, 0.15) is 17.4 Å². The summed E-state index contributed by atoms with van der Waals surface area (Å²) in [6, 6.07) is 15.7. The van der Waals surface area contributed by atoms with Crippen molar-refractivity contribution in [2.45, 2.75) is 58.4 Å². The van der Waals surface area contributed by atoms with E-state index < -0.39 is 30.0 Å². The second-order valence-corrected chi connectivity index (χ2v) is 10.2. The molecule has 1 heterocycles. The maximum absolute atomic E-state index is 14.7. The van der Waals surface area contributed by atoms with Crippen LogP contribution in [0.2, 0.25) is 0 Å². The first-order valence-corrected chi connectivity index (χ1v) is 13.9. The van der Waals surface area contributed by atoms with E-state index in [1.165, 1.54) is 42.5 Å². The van der Waals surface area contributed by atoms with Crippen LogP contribution in [0.5, 0.6) is 5.75 Å². The number of ether oxygens (including phenoxy) is 1. The third kappa shape index (κ3) is 7.51. The Morgan fingerprint density at radius 2 is 1.41 bits per heavy atom. The number of unbranched alkanes of at least 4 members (excludes halogenated alkanes) is 2. The van der Waals surface area contributed by atoms with Gasteiger partial charge in [-0.1, -0.05) is 69.2 Å².